The number of allylic oxidation sites excluding steroid dienone is 1. The Bertz CT molecular complexity index is 1900. The molecule has 3 unspecified atom stereocenters. The van der Waals surface area contributed by atoms with Crippen molar-refractivity contribution in [1.82, 2.24) is 5.32 Å². The van der Waals surface area contributed by atoms with Crippen molar-refractivity contribution in [3.63, 3.8) is 0 Å². The van der Waals surface area contributed by atoms with Gasteiger partial charge in [-0.1, -0.05) is 35.8 Å². The van der Waals surface area contributed by atoms with Crippen LogP contribution in [0.15, 0.2) is 47.2 Å². The molecule has 0 bridgehead atoms. The van der Waals surface area contributed by atoms with Gasteiger partial charge in [0.05, 0.1) is 30.4 Å². The summed E-state index contributed by atoms with van der Waals surface area (Å²) in [5.74, 6) is 11.0. The summed E-state index contributed by atoms with van der Waals surface area (Å²) in [6, 6.07) is 5.69. The Morgan fingerprint density at radius 2 is 2.00 bits per heavy atom. The summed E-state index contributed by atoms with van der Waals surface area (Å²) in [4.78, 5) is 25.7. The van der Waals surface area contributed by atoms with Gasteiger partial charge in [0.2, 0.25) is 5.60 Å². The fourth-order valence-corrected chi connectivity index (χ4v) is 6.60. The molecule has 0 radical (unpaired) electrons. The van der Waals surface area contributed by atoms with Crippen molar-refractivity contribution in [2.24, 2.45) is 0 Å². The molecule has 9 atom stereocenters. The lowest BCUT2D eigenvalue weighted by molar-refractivity contribution is -0.268. The van der Waals surface area contributed by atoms with Crippen LogP contribution in [0.1, 0.15) is 34.8 Å². The van der Waals surface area contributed by atoms with Gasteiger partial charge in [-0.05, 0) is 55.6 Å². The number of carbonyl (C=O) groups is 2. The van der Waals surface area contributed by atoms with E-state index in [1.165, 1.54) is 6.07 Å². The maximum Gasteiger partial charge on any atom is 0.508 e. The number of fused-ring (bicyclic) bond motifs is 3. The minimum Gasteiger partial charge on any atom is -0.507 e. The number of cyclic esters (lactones) is 2. The number of esters is 1. The van der Waals surface area contributed by atoms with Crippen LogP contribution >= 0.6 is 0 Å². The number of hydrogen-bond donors (Lipinski definition) is 5. The van der Waals surface area contributed by atoms with Gasteiger partial charge in [-0.25, -0.2) is 9.59 Å². The fraction of sp³-hybridized carbons (Fsp3) is 0.429. The predicted octanol–water partition coefficient (Wildman–Crippen LogP) is 1.22. The van der Waals surface area contributed by atoms with Crippen molar-refractivity contribution in [3.8, 4) is 29.4 Å². The van der Waals surface area contributed by atoms with E-state index < -0.39 is 66.7 Å². The lowest BCUT2D eigenvalue weighted by Gasteiger charge is -2.42. The van der Waals surface area contributed by atoms with Crippen molar-refractivity contribution in [2.45, 2.75) is 81.4 Å². The summed E-state index contributed by atoms with van der Waals surface area (Å²) in [6.07, 6.45) is -5.78. The van der Waals surface area contributed by atoms with E-state index in [9.17, 15) is 30.0 Å². The summed E-state index contributed by atoms with van der Waals surface area (Å²) in [7, 11) is 1.60. The van der Waals surface area contributed by atoms with Gasteiger partial charge < -0.3 is 54.2 Å². The van der Waals surface area contributed by atoms with Crippen molar-refractivity contribution in [3.05, 3.63) is 63.9 Å². The van der Waals surface area contributed by atoms with E-state index in [0.29, 0.717) is 21.9 Å². The molecule has 5 aliphatic rings. The van der Waals surface area contributed by atoms with Crippen LogP contribution in [0.4, 0.5) is 4.79 Å². The Labute approximate surface area is 275 Å². The van der Waals surface area contributed by atoms with Crippen LogP contribution in [0.3, 0.4) is 0 Å². The number of aryl methyl sites for hydroxylation is 1. The minimum atomic E-state index is -1.27. The second kappa shape index (κ2) is 12.2. The number of aliphatic hydroxyl groups excluding tert-OH is 3. The van der Waals surface area contributed by atoms with Crippen molar-refractivity contribution < 1.29 is 58.4 Å². The molecule has 2 aromatic rings. The van der Waals surface area contributed by atoms with Crippen LogP contribution in [-0.4, -0.2) is 101 Å². The largest absolute Gasteiger partial charge is 0.508 e. The Morgan fingerprint density at radius 3 is 2.73 bits per heavy atom. The molecular formula is C35H33NO12. The van der Waals surface area contributed by atoms with Gasteiger partial charge in [0.15, 0.2) is 18.5 Å². The first-order valence-electron chi connectivity index (χ1n) is 15.5. The van der Waals surface area contributed by atoms with Gasteiger partial charge in [0.25, 0.3) is 0 Å². The summed E-state index contributed by atoms with van der Waals surface area (Å²) in [5, 5.41) is 45.9. The van der Waals surface area contributed by atoms with Gasteiger partial charge in [0, 0.05) is 17.4 Å². The molecular weight excluding hydrogens is 626 g/mol. The summed E-state index contributed by atoms with van der Waals surface area (Å²) in [5.41, 5.74) is 0.702. The van der Waals surface area contributed by atoms with Crippen LogP contribution in [0.25, 0.3) is 10.8 Å². The minimum absolute atomic E-state index is 0.0160. The average molecular weight is 660 g/mol. The van der Waals surface area contributed by atoms with Crippen LogP contribution in [0.2, 0.25) is 0 Å². The van der Waals surface area contributed by atoms with E-state index in [4.69, 9.17) is 28.4 Å². The number of hydrogen-bond acceptors (Lipinski definition) is 13. The molecule has 48 heavy (non-hydrogen) atoms. The summed E-state index contributed by atoms with van der Waals surface area (Å²) in [6.45, 7) is 3.10. The highest BCUT2D eigenvalue weighted by molar-refractivity contribution is 6.08. The predicted molar refractivity (Wildman–Crippen MR) is 165 cm³/mol. The number of likely N-dealkylation sites (N-methyl/N-ethyl adjacent to an activating group) is 1. The molecule has 3 saturated heterocycles. The number of rotatable bonds is 7. The van der Waals surface area contributed by atoms with Crippen molar-refractivity contribution in [1.29, 1.82) is 0 Å². The van der Waals surface area contributed by atoms with E-state index in [-0.39, 0.29) is 42.3 Å². The highest BCUT2D eigenvalue weighted by Crippen LogP contribution is 2.44. The SMILES string of the molecule is CNC1[C@H](O[C@H]2CC(OC(=O)c3c(O)ccc4c(C)cc(CO)cc34)=C3C#CC4([C@H]5COC(=O)O5)O[C@@H]4C#C/C=C\32)OC(C)[C@H](O)[C@H]1O. The van der Waals surface area contributed by atoms with Gasteiger partial charge in [-0.15, -0.1) is 0 Å². The van der Waals surface area contributed by atoms with Gasteiger partial charge in [-0.3, -0.25) is 0 Å². The molecule has 0 saturated carbocycles. The first-order valence-corrected chi connectivity index (χ1v) is 15.5. The number of carbonyl (C=O) groups excluding carboxylic acids is 2. The molecule has 0 spiro atoms. The molecule has 13 nitrogen and oxygen atoms in total. The van der Waals surface area contributed by atoms with E-state index in [1.807, 2.05) is 6.92 Å². The van der Waals surface area contributed by atoms with Crippen LogP contribution in [-0.2, 0) is 35.0 Å². The third kappa shape index (κ3) is 5.40. The summed E-state index contributed by atoms with van der Waals surface area (Å²) < 4.78 is 34.4. The number of aromatic hydroxyl groups is 1. The lowest BCUT2D eigenvalue weighted by atomic mass is 9.97. The molecule has 2 aromatic carbocycles. The zero-order chi connectivity index (χ0) is 33.9. The van der Waals surface area contributed by atoms with E-state index >= 15 is 0 Å². The smallest absolute Gasteiger partial charge is 0.507 e. The number of nitrogens with one attached hydrogen (secondary N) is 1. The topological polar surface area (TPSA) is 186 Å². The number of ether oxygens (including phenoxy) is 6. The summed E-state index contributed by atoms with van der Waals surface area (Å²) >= 11 is 0. The van der Waals surface area contributed by atoms with Gasteiger partial charge >= 0.3 is 12.1 Å². The van der Waals surface area contributed by atoms with Crippen molar-refractivity contribution in [2.75, 3.05) is 13.7 Å². The third-order valence-electron chi connectivity index (χ3n) is 9.28. The molecule has 5 N–H and O–H groups in total. The fourth-order valence-electron chi connectivity index (χ4n) is 6.60. The average Bonchev–Trinajstić information content (AvgIpc) is 3.38. The van der Waals surface area contributed by atoms with Crippen molar-refractivity contribution >= 4 is 22.9 Å². The molecule has 3 heterocycles. The number of epoxide rings is 1. The number of aliphatic hydroxyl groups is 3. The Kier molecular flexibility index (Phi) is 8.18. The molecule has 13 heteroatoms. The highest BCUT2D eigenvalue weighted by atomic mass is 16.8. The standard InChI is InChI=1S/C35H33NO12/c1-16-11-18(14-37)12-22-19(16)7-8-23(38)28(22)32(41)45-24-13-25(46-33-29(36-3)31(40)30(39)17(2)44-33)20-5-4-6-26-35(48-26,10-9-21(20)24)27-15-43-34(42)47-27/h5,7-8,11-12,17,25-27,29-31,33,36-40H,13-15H2,1-3H3/b20-5+/t17?,25-,26+,27+,29?,30-,31-,33-,35?/m0/s1. The second-order valence-electron chi connectivity index (χ2n) is 12.2. The molecule has 0 amide bonds. The monoisotopic (exact) mass is 659 g/mol. The van der Waals surface area contributed by atoms with E-state index in [1.54, 1.807) is 38.2 Å². The number of phenols is 1. The molecule has 7 rings (SSSR count). The molecule has 0 aromatic heterocycles. The number of benzene rings is 2. The second-order valence-corrected chi connectivity index (χ2v) is 12.2. The number of phenolic OH excluding ortho intramolecular Hbond substituents is 1. The van der Waals surface area contributed by atoms with Gasteiger partial charge in [0.1, 0.15) is 35.9 Å². The van der Waals surface area contributed by atoms with E-state index in [0.717, 1.165) is 5.56 Å². The lowest BCUT2D eigenvalue weighted by Crippen LogP contribution is -2.62. The molecule has 250 valence electrons. The molecule has 3 fully saturated rings. The van der Waals surface area contributed by atoms with Crippen LogP contribution in [0.5, 0.6) is 5.75 Å². The zero-order valence-electron chi connectivity index (χ0n) is 26.2. The maximum absolute atomic E-state index is 13.9. The van der Waals surface area contributed by atoms with Gasteiger partial charge in [-0.2, -0.15) is 0 Å². The quantitative estimate of drug-likeness (QED) is 0.163. The Balaban J connectivity index is 1.28. The molecule has 3 aliphatic heterocycles. The third-order valence-corrected chi connectivity index (χ3v) is 9.28. The maximum atomic E-state index is 13.9. The first-order chi connectivity index (χ1) is 23.0. The Hall–Kier alpha value is -4.44. The highest BCUT2D eigenvalue weighted by Gasteiger charge is 2.65. The first kappa shape index (κ1) is 32.1. The van der Waals surface area contributed by atoms with Crippen LogP contribution in [0, 0.1) is 30.6 Å². The Morgan fingerprint density at radius 1 is 1.19 bits per heavy atom. The zero-order valence-corrected chi connectivity index (χ0v) is 26.2. The van der Waals surface area contributed by atoms with Crippen LogP contribution < -0.4 is 5.32 Å². The normalized spacial score (nSPS) is 34.5. The van der Waals surface area contributed by atoms with E-state index in [2.05, 4.69) is 29.0 Å². The molecule has 2 aliphatic carbocycles.